The molecule has 1 aliphatic rings. The quantitative estimate of drug-likeness (QED) is 0.832. The second kappa shape index (κ2) is 6.04. The molecule has 1 N–H and O–H groups in total. The molecule has 1 fully saturated rings. The van der Waals surface area contributed by atoms with Gasteiger partial charge in [-0.15, -0.1) is 0 Å². The molecule has 3 heteroatoms. The molecule has 0 unspecified atom stereocenters. The van der Waals surface area contributed by atoms with Crippen LogP contribution in [-0.2, 0) is 13.2 Å². The van der Waals surface area contributed by atoms with E-state index < -0.39 is 0 Å². The van der Waals surface area contributed by atoms with Gasteiger partial charge in [-0.2, -0.15) is 0 Å². The van der Waals surface area contributed by atoms with Crippen molar-refractivity contribution < 1.29 is 5.11 Å². The van der Waals surface area contributed by atoms with Gasteiger partial charge < -0.3 is 9.67 Å². The van der Waals surface area contributed by atoms with E-state index in [4.69, 9.17) is 5.11 Å². The summed E-state index contributed by atoms with van der Waals surface area (Å²) in [5.74, 6) is 0.967. The van der Waals surface area contributed by atoms with Crippen molar-refractivity contribution in [1.29, 1.82) is 0 Å². The van der Waals surface area contributed by atoms with Crippen molar-refractivity contribution in [2.24, 2.45) is 5.92 Å². The van der Waals surface area contributed by atoms with Gasteiger partial charge in [0.25, 0.3) is 0 Å². The predicted molar refractivity (Wildman–Crippen MR) is 64.0 cm³/mol. The topological polar surface area (TPSA) is 38.0 Å². The second-order valence-corrected chi connectivity index (χ2v) is 4.91. The molecule has 1 aliphatic carbocycles. The van der Waals surface area contributed by atoms with Crippen molar-refractivity contribution in [2.45, 2.75) is 58.1 Å². The number of rotatable bonds is 5. The van der Waals surface area contributed by atoms with E-state index in [1.165, 1.54) is 44.9 Å². The number of aliphatic hydroxyl groups is 1. The number of hydrogen-bond donors (Lipinski definition) is 1. The molecule has 0 radical (unpaired) electrons. The Balaban J connectivity index is 1.66. The van der Waals surface area contributed by atoms with E-state index in [0.29, 0.717) is 0 Å². The molecule has 1 aromatic rings. The van der Waals surface area contributed by atoms with Crippen LogP contribution in [0.2, 0.25) is 0 Å². The van der Waals surface area contributed by atoms with Gasteiger partial charge in [0.05, 0.1) is 18.6 Å². The van der Waals surface area contributed by atoms with E-state index in [2.05, 4.69) is 9.55 Å². The third-order valence-electron chi connectivity index (χ3n) is 3.60. The van der Waals surface area contributed by atoms with Crippen molar-refractivity contribution in [3.8, 4) is 0 Å². The van der Waals surface area contributed by atoms with Gasteiger partial charge in [0.1, 0.15) is 0 Å². The van der Waals surface area contributed by atoms with Crippen LogP contribution in [0.15, 0.2) is 12.5 Å². The number of nitrogens with zero attached hydrogens (tertiary/aromatic N) is 2. The number of hydrogen-bond acceptors (Lipinski definition) is 2. The Morgan fingerprint density at radius 2 is 2.12 bits per heavy atom. The van der Waals surface area contributed by atoms with Gasteiger partial charge in [0.15, 0.2) is 0 Å². The summed E-state index contributed by atoms with van der Waals surface area (Å²) in [4.78, 5) is 4.11. The summed E-state index contributed by atoms with van der Waals surface area (Å²) < 4.78 is 2.09. The number of imidazole rings is 1. The summed E-state index contributed by atoms with van der Waals surface area (Å²) >= 11 is 0. The molecule has 0 aliphatic heterocycles. The molecule has 0 spiro atoms. The first-order valence-corrected chi connectivity index (χ1v) is 6.50. The molecule has 0 atom stereocenters. The molecule has 0 amide bonds. The van der Waals surface area contributed by atoms with Gasteiger partial charge in [-0.1, -0.05) is 32.1 Å². The van der Waals surface area contributed by atoms with E-state index in [-0.39, 0.29) is 6.61 Å². The summed E-state index contributed by atoms with van der Waals surface area (Å²) in [6.07, 6.45) is 13.6. The largest absolute Gasteiger partial charge is 0.390 e. The Morgan fingerprint density at radius 3 is 2.81 bits per heavy atom. The van der Waals surface area contributed by atoms with Gasteiger partial charge in [0.2, 0.25) is 0 Å². The Bertz CT molecular complexity index is 303. The molecule has 2 rings (SSSR count). The number of aliphatic hydroxyl groups excluding tert-OH is 1. The highest BCUT2D eigenvalue weighted by Crippen LogP contribution is 2.27. The van der Waals surface area contributed by atoms with Crippen LogP contribution in [0.5, 0.6) is 0 Å². The third-order valence-corrected chi connectivity index (χ3v) is 3.60. The summed E-state index contributed by atoms with van der Waals surface area (Å²) in [5.41, 5.74) is 0.776. The Kier molecular flexibility index (Phi) is 4.40. The molecule has 90 valence electrons. The van der Waals surface area contributed by atoms with E-state index in [1.54, 1.807) is 0 Å². The first kappa shape index (κ1) is 11.6. The predicted octanol–water partition coefficient (Wildman–Crippen LogP) is 2.74. The lowest BCUT2D eigenvalue weighted by Gasteiger charge is -2.21. The lowest BCUT2D eigenvalue weighted by Crippen LogP contribution is -2.07. The highest BCUT2D eigenvalue weighted by molar-refractivity contribution is 4.93. The maximum absolute atomic E-state index is 8.90. The molecule has 3 nitrogen and oxygen atoms in total. The average molecular weight is 222 g/mol. The van der Waals surface area contributed by atoms with Crippen LogP contribution in [0, 0.1) is 5.92 Å². The molecule has 1 aromatic heterocycles. The highest BCUT2D eigenvalue weighted by Gasteiger charge is 2.12. The van der Waals surface area contributed by atoms with Gasteiger partial charge >= 0.3 is 0 Å². The van der Waals surface area contributed by atoms with Crippen molar-refractivity contribution >= 4 is 0 Å². The second-order valence-electron chi connectivity index (χ2n) is 4.91. The van der Waals surface area contributed by atoms with Crippen LogP contribution in [0.1, 0.15) is 50.6 Å². The van der Waals surface area contributed by atoms with Crippen LogP contribution >= 0.6 is 0 Å². The summed E-state index contributed by atoms with van der Waals surface area (Å²) in [5, 5.41) is 8.90. The summed E-state index contributed by atoms with van der Waals surface area (Å²) in [7, 11) is 0. The van der Waals surface area contributed by atoms with Gasteiger partial charge in [0, 0.05) is 12.7 Å². The smallest absolute Gasteiger partial charge is 0.0950 e. The van der Waals surface area contributed by atoms with E-state index in [9.17, 15) is 0 Å². The fourth-order valence-corrected chi connectivity index (χ4v) is 2.65. The number of aromatic nitrogens is 2. The summed E-state index contributed by atoms with van der Waals surface area (Å²) in [6, 6.07) is 0. The zero-order chi connectivity index (χ0) is 11.2. The third kappa shape index (κ3) is 3.34. The summed E-state index contributed by atoms with van der Waals surface area (Å²) in [6.45, 7) is 1.10. The molecule has 0 saturated heterocycles. The molecule has 0 bridgehead atoms. The van der Waals surface area contributed by atoms with Crippen LogP contribution in [0.3, 0.4) is 0 Å². The highest BCUT2D eigenvalue weighted by atomic mass is 16.3. The zero-order valence-electron chi connectivity index (χ0n) is 9.94. The van der Waals surface area contributed by atoms with Crippen LogP contribution in [0.25, 0.3) is 0 Å². The van der Waals surface area contributed by atoms with Gasteiger partial charge in [-0.3, -0.25) is 0 Å². The van der Waals surface area contributed by atoms with Crippen LogP contribution in [0.4, 0.5) is 0 Å². The van der Waals surface area contributed by atoms with E-state index in [1.807, 2.05) is 12.5 Å². The standard InChI is InChI=1S/C13H22N2O/c16-10-13-9-15(11-14-13)8-4-7-12-5-2-1-3-6-12/h9,11-12,16H,1-8,10H2. The Labute approximate surface area is 97.5 Å². The van der Waals surface area contributed by atoms with Crippen molar-refractivity contribution in [1.82, 2.24) is 9.55 Å². The van der Waals surface area contributed by atoms with Crippen molar-refractivity contribution in [3.05, 3.63) is 18.2 Å². The first-order valence-electron chi connectivity index (χ1n) is 6.50. The van der Waals surface area contributed by atoms with Crippen LogP contribution < -0.4 is 0 Å². The van der Waals surface area contributed by atoms with Crippen molar-refractivity contribution in [3.63, 3.8) is 0 Å². The molecular formula is C13H22N2O. The first-order chi connectivity index (χ1) is 7.88. The average Bonchev–Trinajstić information content (AvgIpc) is 2.78. The SMILES string of the molecule is OCc1cn(CCCC2CCCCC2)cn1. The molecule has 1 heterocycles. The zero-order valence-corrected chi connectivity index (χ0v) is 9.94. The normalized spacial score (nSPS) is 17.8. The van der Waals surface area contributed by atoms with Gasteiger partial charge in [-0.25, -0.2) is 4.98 Å². The van der Waals surface area contributed by atoms with Gasteiger partial charge in [-0.05, 0) is 18.8 Å². The van der Waals surface area contributed by atoms with E-state index in [0.717, 1.165) is 18.2 Å². The number of aryl methyl sites for hydroxylation is 1. The monoisotopic (exact) mass is 222 g/mol. The van der Waals surface area contributed by atoms with Crippen molar-refractivity contribution in [2.75, 3.05) is 0 Å². The molecule has 16 heavy (non-hydrogen) atoms. The minimum atomic E-state index is 0.0512. The maximum atomic E-state index is 8.90. The lowest BCUT2D eigenvalue weighted by molar-refractivity contribution is 0.277. The molecular weight excluding hydrogens is 200 g/mol. The van der Waals surface area contributed by atoms with Crippen LogP contribution in [-0.4, -0.2) is 14.7 Å². The Hall–Kier alpha value is -0.830. The fourth-order valence-electron chi connectivity index (χ4n) is 2.65. The molecule has 0 aromatic carbocycles. The lowest BCUT2D eigenvalue weighted by atomic mass is 9.86. The fraction of sp³-hybridized carbons (Fsp3) is 0.769. The Morgan fingerprint density at radius 1 is 1.31 bits per heavy atom. The minimum Gasteiger partial charge on any atom is -0.390 e. The minimum absolute atomic E-state index is 0.0512. The van der Waals surface area contributed by atoms with E-state index >= 15 is 0 Å². The maximum Gasteiger partial charge on any atom is 0.0950 e. The molecule has 1 saturated carbocycles.